The van der Waals surface area contributed by atoms with Gasteiger partial charge in [0.05, 0.1) is 11.7 Å². The number of nitrogens with zero attached hydrogens (tertiary/aromatic N) is 1. The molecule has 1 saturated heterocycles. The molecule has 2 rings (SSSR count). The molecule has 0 bridgehead atoms. The first-order chi connectivity index (χ1) is 10.6. The molecule has 0 spiro atoms. The molecule has 120 valence electrons. The van der Waals surface area contributed by atoms with E-state index in [0.29, 0.717) is 26.0 Å². The number of ether oxygens (including phenoxy) is 1. The van der Waals surface area contributed by atoms with Gasteiger partial charge in [-0.15, -0.1) is 0 Å². The van der Waals surface area contributed by atoms with E-state index < -0.39 is 5.97 Å². The number of rotatable bonds is 6. The van der Waals surface area contributed by atoms with Crippen LogP contribution in [-0.2, 0) is 16.0 Å². The molecule has 1 aromatic carbocycles. The maximum absolute atomic E-state index is 12.3. The summed E-state index contributed by atoms with van der Waals surface area (Å²) in [5.74, 6) is -0.787. The second-order valence-corrected chi connectivity index (χ2v) is 5.56. The van der Waals surface area contributed by atoms with Gasteiger partial charge in [-0.1, -0.05) is 12.1 Å². The Hall–Kier alpha value is -1.88. The highest BCUT2D eigenvalue weighted by atomic mass is 16.5. The molecule has 1 atom stereocenters. The summed E-state index contributed by atoms with van der Waals surface area (Å²) in [6, 6.07) is 6.70. The molecular formula is C17H23NO4. The molecule has 1 aliphatic heterocycles. The molecule has 0 unspecified atom stereocenters. The number of hydrogen-bond acceptors (Lipinski definition) is 3. The fourth-order valence-corrected chi connectivity index (χ4v) is 2.76. The normalized spacial score (nSPS) is 18.2. The first-order valence-corrected chi connectivity index (χ1v) is 7.81. The van der Waals surface area contributed by atoms with Gasteiger partial charge in [-0.3, -0.25) is 4.79 Å². The number of carboxylic acids is 1. The number of hydrogen-bond donors (Lipinski definition) is 1. The smallest absolute Gasteiger partial charge is 0.335 e. The Morgan fingerprint density at radius 1 is 1.32 bits per heavy atom. The van der Waals surface area contributed by atoms with Crippen LogP contribution in [0.2, 0.25) is 0 Å². The van der Waals surface area contributed by atoms with Gasteiger partial charge in [-0.25, -0.2) is 4.79 Å². The lowest BCUT2D eigenvalue weighted by atomic mass is 10.0. The van der Waals surface area contributed by atoms with Crippen LogP contribution in [-0.4, -0.2) is 47.7 Å². The molecule has 5 nitrogen and oxygen atoms in total. The third-order valence-corrected chi connectivity index (χ3v) is 3.96. The van der Waals surface area contributed by atoms with E-state index in [1.165, 1.54) is 0 Å². The Kier molecular flexibility index (Phi) is 5.95. The monoisotopic (exact) mass is 305 g/mol. The molecule has 0 saturated carbocycles. The lowest BCUT2D eigenvalue weighted by molar-refractivity contribution is -0.135. The number of piperidine rings is 1. The maximum atomic E-state index is 12.3. The third-order valence-electron chi connectivity index (χ3n) is 3.96. The van der Waals surface area contributed by atoms with E-state index in [2.05, 4.69) is 0 Å². The number of benzene rings is 1. The predicted molar refractivity (Wildman–Crippen MR) is 83.0 cm³/mol. The number of carbonyl (C=O) groups is 2. The van der Waals surface area contributed by atoms with Crippen molar-refractivity contribution in [2.24, 2.45) is 0 Å². The number of carboxylic acid groups (broad SMARTS) is 1. The Morgan fingerprint density at radius 3 is 2.68 bits per heavy atom. The van der Waals surface area contributed by atoms with E-state index in [0.717, 1.165) is 24.9 Å². The molecule has 1 aromatic rings. The van der Waals surface area contributed by atoms with Crippen molar-refractivity contribution in [2.45, 2.75) is 38.7 Å². The lowest BCUT2D eigenvalue weighted by Gasteiger charge is -2.32. The molecule has 0 aliphatic carbocycles. The largest absolute Gasteiger partial charge is 0.478 e. The number of carbonyl (C=O) groups excluding carboxylic acids is 1. The summed E-state index contributed by atoms with van der Waals surface area (Å²) in [5, 5.41) is 8.86. The highest BCUT2D eigenvalue weighted by molar-refractivity contribution is 5.87. The molecule has 1 amide bonds. The number of aryl methyl sites for hydroxylation is 1. The van der Waals surface area contributed by atoms with Crippen LogP contribution < -0.4 is 0 Å². The van der Waals surface area contributed by atoms with Crippen molar-refractivity contribution in [1.82, 2.24) is 4.90 Å². The molecule has 1 aliphatic rings. The van der Waals surface area contributed by atoms with E-state index in [-0.39, 0.29) is 17.6 Å². The molecule has 0 aromatic heterocycles. The minimum atomic E-state index is -0.932. The summed E-state index contributed by atoms with van der Waals surface area (Å²) in [5.41, 5.74) is 1.25. The van der Waals surface area contributed by atoms with Crippen molar-refractivity contribution in [3.63, 3.8) is 0 Å². The minimum absolute atomic E-state index is 0.145. The second-order valence-electron chi connectivity index (χ2n) is 5.56. The van der Waals surface area contributed by atoms with Gasteiger partial charge in [0, 0.05) is 26.1 Å². The molecule has 0 radical (unpaired) electrons. The highest BCUT2D eigenvalue weighted by Gasteiger charge is 2.23. The standard InChI is InChI=1S/C17H23NO4/c1-2-22-15-4-3-11-18(12-15)16(19)10-7-13-5-8-14(9-6-13)17(20)21/h5-6,8-9,15H,2-4,7,10-12H2,1H3,(H,20,21)/t15-/m0/s1. The van der Waals surface area contributed by atoms with Crippen molar-refractivity contribution < 1.29 is 19.4 Å². The average molecular weight is 305 g/mol. The van der Waals surface area contributed by atoms with E-state index in [1.807, 2.05) is 11.8 Å². The summed E-state index contributed by atoms with van der Waals surface area (Å²) in [6.45, 7) is 4.15. The molecule has 22 heavy (non-hydrogen) atoms. The van der Waals surface area contributed by atoms with Gasteiger partial charge in [0.25, 0.3) is 0 Å². The summed E-state index contributed by atoms with van der Waals surface area (Å²) in [4.78, 5) is 25.0. The molecule has 1 N–H and O–H groups in total. The average Bonchev–Trinajstić information content (AvgIpc) is 2.53. The van der Waals surface area contributed by atoms with Crippen molar-refractivity contribution in [3.8, 4) is 0 Å². The van der Waals surface area contributed by atoms with Crippen molar-refractivity contribution in [1.29, 1.82) is 0 Å². The van der Waals surface area contributed by atoms with Gasteiger partial charge in [-0.2, -0.15) is 0 Å². The van der Waals surface area contributed by atoms with Gasteiger partial charge in [0.15, 0.2) is 0 Å². The van der Waals surface area contributed by atoms with Crippen LogP contribution >= 0.6 is 0 Å². The van der Waals surface area contributed by atoms with Crippen LogP contribution in [0.1, 0.15) is 42.1 Å². The van der Waals surface area contributed by atoms with E-state index in [9.17, 15) is 9.59 Å². The fraction of sp³-hybridized carbons (Fsp3) is 0.529. The van der Waals surface area contributed by atoms with Gasteiger partial charge in [0.1, 0.15) is 0 Å². The Morgan fingerprint density at radius 2 is 2.05 bits per heavy atom. The maximum Gasteiger partial charge on any atom is 0.335 e. The second kappa shape index (κ2) is 7.94. The summed E-state index contributed by atoms with van der Waals surface area (Å²) in [7, 11) is 0. The summed E-state index contributed by atoms with van der Waals surface area (Å²) < 4.78 is 5.61. The molecule has 1 heterocycles. The molecular weight excluding hydrogens is 282 g/mol. The highest BCUT2D eigenvalue weighted by Crippen LogP contribution is 2.15. The zero-order chi connectivity index (χ0) is 15.9. The predicted octanol–water partition coefficient (Wildman–Crippen LogP) is 2.34. The number of likely N-dealkylation sites (tertiary alicyclic amines) is 1. The van der Waals surface area contributed by atoms with Crippen molar-refractivity contribution >= 4 is 11.9 Å². The topological polar surface area (TPSA) is 66.8 Å². The summed E-state index contributed by atoms with van der Waals surface area (Å²) >= 11 is 0. The first-order valence-electron chi connectivity index (χ1n) is 7.81. The zero-order valence-corrected chi connectivity index (χ0v) is 13.0. The van der Waals surface area contributed by atoms with Crippen LogP contribution in [0.4, 0.5) is 0 Å². The van der Waals surface area contributed by atoms with E-state index in [4.69, 9.17) is 9.84 Å². The van der Waals surface area contributed by atoms with Gasteiger partial charge in [-0.05, 0) is 43.9 Å². The van der Waals surface area contributed by atoms with Crippen LogP contribution in [0.5, 0.6) is 0 Å². The van der Waals surface area contributed by atoms with Crippen LogP contribution in [0.3, 0.4) is 0 Å². The lowest BCUT2D eigenvalue weighted by Crippen LogP contribution is -2.43. The molecule has 1 fully saturated rings. The Balaban J connectivity index is 1.83. The van der Waals surface area contributed by atoms with Crippen molar-refractivity contribution in [2.75, 3.05) is 19.7 Å². The molecule has 5 heteroatoms. The Bertz CT molecular complexity index is 510. The fourth-order valence-electron chi connectivity index (χ4n) is 2.76. The minimum Gasteiger partial charge on any atom is -0.478 e. The van der Waals surface area contributed by atoms with Gasteiger partial charge in [0.2, 0.25) is 5.91 Å². The summed E-state index contributed by atoms with van der Waals surface area (Å²) in [6.07, 6.45) is 3.26. The van der Waals surface area contributed by atoms with Gasteiger partial charge >= 0.3 is 5.97 Å². The third kappa shape index (κ3) is 4.56. The zero-order valence-electron chi connectivity index (χ0n) is 13.0. The number of amides is 1. The quantitative estimate of drug-likeness (QED) is 0.876. The van der Waals surface area contributed by atoms with Crippen LogP contribution in [0.25, 0.3) is 0 Å². The van der Waals surface area contributed by atoms with E-state index >= 15 is 0 Å². The SMILES string of the molecule is CCO[C@H]1CCCN(C(=O)CCc2ccc(C(=O)O)cc2)C1. The van der Waals surface area contributed by atoms with E-state index in [1.54, 1.807) is 24.3 Å². The van der Waals surface area contributed by atoms with Crippen molar-refractivity contribution in [3.05, 3.63) is 35.4 Å². The number of aromatic carboxylic acids is 1. The van der Waals surface area contributed by atoms with Gasteiger partial charge < -0.3 is 14.7 Å². The van der Waals surface area contributed by atoms with Crippen LogP contribution in [0, 0.1) is 0 Å². The van der Waals surface area contributed by atoms with Crippen LogP contribution in [0.15, 0.2) is 24.3 Å². The first kappa shape index (κ1) is 16.5. The Labute approximate surface area is 130 Å².